The van der Waals surface area contributed by atoms with E-state index in [9.17, 15) is 4.79 Å². The predicted octanol–water partition coefficient (Wildman–Crippen LogP) is 2.33. The normalized spacial score (nSPS) is 14.2. The number of nitrogen functional groups attached to an aromatic ring is 1. The van der Waals surface area contributed by atoms with Gasteiger partial charge in [-0.1, -0.05) is 12.1 Å². The summed E-state index contributed by atoms with van der Waals surface area (Å²) >= 11 is 0. The Morgan fingerprint density at radius 1 is 1.20 bits per heavy atom. The van der Waals surface area contributed by atoms with Crippen molar-refractivity contribution in [3.63, 3.8) is 0 Å². The summed E-state index contributed by atoms with van der Waals surface area (Å²) in [4.78, 5) is 14.3. The number of carbonyl (C=O) groups excluding carboxylic acids is 1. The van der Waals surface area contributed by atoms with E-state index in [1.54, 1.807) is 12.1 Å². The third kappa shape index (κ3) is 5.57. The van der Waals surface area contributed by atoms with E-state index >= 15 is 0 Å². The van der Waals surface area contributed by atoms with Crippen LogP contribution in [0.2, 0.25) is 0 Å². The molecule has 0 aromatic heterocycles. The van der Waals surface area contributed by atoms with Crippen LogP contribution in [0.1, 0.15) is 29.6 Å². The van der Waals surface area contributed by atoms with Gasteiger partial charge < -0.3 is 16.0 Å². The smallest absolute Gasteiger partial charge is 0.253 e. The quantitative estimate of drug-likeness (QED) is 0.647. The second-order valence-electron chi connectivity index (χ2n) is 4.75. The number of nitrogens with zero attached hydrogens (tertiary/aromatic N) is 1. The van der Waals surface area contributed by atoms with Crippen molar-refractivity contribution >= 4 is 36.4 Å². The lowest BCUT2D eigenvalue weighted by molar-refractivity contribution is 0.0953. The SMILES string of the molecule is Cl.Cl.Nc1ccccc1C(=O)NCCCN1CCCC1. The van der Waals surface area contributed by atoms with Crippen LogP contribution in [0, 0.1) is 0 Å². The van der Waals surface area contributed by atoms with Crippen LogP contribution >= 0.6 is 24.8 Å². The van der Waals surface area contributed by atoms with Crippen LogP contribution in [0.15, 0.2) is 24.3 Å². The molecule has 1 aromatic carbocycles. The number of para-hydroxylation sites is 1. The monoisotopic (exact) mass is 319 g/mol. The maximum atomic E-state index is 11.9. The molecule has 0 saturated carbocycles. The maximum absolute atomic E-state index is 11.9. The lowest BCUT2D eigenvalue weighted by atomic mass is 10.1. The van der Waals surface area contributed by atoms with Crippen LogP contribution in [-0.2, 0) is 0 Å². The van der Waals surface area contributed by atoms with E-state index in [4.69, 9.17) is 5.73 Å². The van der Waals surface area contributed by atoms with Gasteiger partial charge in [0.2, 0.25) is 0 Å². The summed E-state index contributed by atoms with van der Waals surface area (Å²) < 4.78 is 0. The van der Waals surface area contributed by atoms with Crippen LogP contribution in [0.4, 0.5) is 5.69 Å². The number of hydrogen-bond acceptors (Lipinski definition) is 3. The third-order valence-electron chi connectivity index (χ3n) is 3.34. The van der Waals surface area contributed by atoms with Gasteiger partial charge in [-0.2, -0.15) is 0 Å². The van der Waals surface area contributed by atoms with Crippen molar-refractivity contribution in [3.05, 3.63) is 29.8 Å². The molecule has 1 aliphatic heterocycles. The summed E-state index contributed by atoms with van der Waals surface area (Å²) in [6, 6.07) is 7.17. The Bertz CT molecular complexity index is 409. The van der Waals surface area contributed by atoms with Crippen molar-refractivity contribution in [2.45, 2.75) is 19.3 Å². The Labute approximate surface area is 132 Å². The van der Waals surface area contributed by atoms with Gasteiger partial charge in [-0.25, -0.2) is 0 Å². The van der Waals surface area contributed by atoms with Gasteiger partial charge in [-0.05, 0) is 51.0 Å². The number of halogens is 2. The van der Waals surface area contributed by atoms with Gasteiger partial charge in [0.1, 0.15) is 0 Å². The Hall–Kier alpha value is -0.970. The van der Waals surface area contributed by atoms with E-state index < -0.39 is 0 Å². The highest BCUT2D eigenvalue weighted by molar-refractivity contribution is 5.99. The van der Waals surface area contributed by atoms with Crippen molar-refractivity contribution in [1.29, 1.82) is 0 Å². The summed E-state index contributed by atoms with van der Waals surface area (Å²) in [5.74, 6) is -0.0745. The fraction of sp³-hybridized carbons (Fsp3) is 0.500. The lowest BCUT2D eigenvalue weighted by Crippen LogP contribution is -2.29. The molecule has 1 saturated heterocycles. The van der Waals surface area contributed by atoms with E-state index in [1.807, 2.05) is 12.1 Å². The van der Waals surface area contributed by atoms with Crippen molar-refractivity contribution in [1.82, 2.24) is 10.2 Å². The third-order valence-corrected chi connectivity index (χ3v) is 3.34. The molecule has 0 aliphatic carbocycles. The highest BCUT2D eigenvalue weighted by Crippen LogP contribution is 2.10. The van der Waals surface area contributed by atoms with Crippen molar-refractivity contribution in [2.24, 2.45) is 0 Å². The molecule has 4 nitrogen and oxygen atoms in total. The molecule has 1 heterocycles. The molecule has 0 atom stereocenters. The van der Waals surface area contributed by atoms with Gasteiger partial charge >= 0.3 is 0 Å². The Kier molecular flexibility index (Phi) is 9.38. The molecule has 114 valence electrons. The molecule has 20 heavy (non-hydrogen) atoms. The number of anilines is 1. The van der Waals surface area contributed by atoms with Gasteiger partial charge in [-0.15, -0.1) is 24.8 Å². The zero-order valence-corrected chi connectivity index (χ0v) is 13.1. The zero-order valence-electron chi connectivity index (χ0n) is 11.5. The molecule has 6 heteroatoms. The molecule has 1 aliphatic rings. The number of nitrogens with one attached hydrogen (secondary N) is 1. The van der Waals surface area contributed by atoms with Gasteiger partial charge in [0.25, 0.3) is 5.91 Å². The minimum Gasteiger partial charge on any atom is -0.398 e. The van der Waals surface area contributed by atoms with Crippen molar-refractivity contribution < 1.29 is 4.79 Å². The first-order valence-corrected chi connectivity index (χ1v) is 6.62. The molecule has 1 amide bonds. The average Bonchev–Trinajstić information content (AvgIpc) is 2.88. The average molecular weight is 320 g/mol. The summed E-state index contributed by atoms with van der Waals surface area (Å²) in [5, 5.41) is 2.92. The summed E-state index contributed by atoms with van der Waals surface area (Å²) in [5.41, 5.74) is 6.86. The zero-order chi connectivity index (χ0) is 12.8. The number of amides is 1. The topological polar surface area (TPSA) is 58.4 Å². The highest BCUT2D eigenvalue weighted by Gasteiger charge is 2.11. The van der Waals surface area contributed by atoms with Gasteiger partial charge in [0.15, 0.2) is 0 Å². The Morgan fingerprint density at radius 3 is 2.50 bits per heavy atom. The summed E-state index contributed by atoms with van der Waals surface area (Å²) in [7, 11) is 0. The van der Waals surface area contributed by atoms with E-state index in [1.165, 1.54) is 25.9 Å². The molecular weight excluding hydrogens is 297 g/mol. The van der Waals surface area contributed by atoms with Gasteiger partial charge in [0.05, 0.1) is 5.56 Å². The number of rotatable bonds is 5. The van der Waals surface area contributed by atoms with E-state index in [0.29, 0.717) is 17.8 Å². The van der Waals surface area contributed by atoms with Gasteiger partial charge in [-0.3, -0.25) is 4.79 Å². The second-order valence-corrected chi connectivity index (χ2v) is 4.75. The van der Waals surface area contributed by atoms with E-state index in [2.05, 4.69) is 10.2 Å². The number of nitrogens with two attached hydrogens (primary N) is 1. The first kappa shape index (κ1) is 19.0. The molecule has 1 fully saturated rings. The first-order chi connectivity index (χ1) is 8.77. The maximum Gasteiger partial charge on any atom is 0.253 e. The minimum absolute atomic E-state index is 0. The van der Waals surface area contributed by atoms with Crippen molar-refractivity contribution in [2.75, 3.05) is 31.9 Å². The number of likely N-dealkylation sites (tertiary alicyclic amines) is 1. The molecule has 3 N–H and O–H groups in total. The van der Waals surface area contributed by atoms with Crippen molar-refractivity contribution in [3.8, 4) is 0 Å². The first-order valence-electron chi connectivity index (χ1n) is 6.62. The van der Waals surface area contributed by atoms with Crippen LogP contribution in [0.5, 0.6) is 0 Å². The molecule has 0 unspecified atom stereocenters. The van der Waals surface area contributed by atoms with E-state index in [0.717, 1.165) is 13.0 Å². The van der Waals surface area contributed by atoms with Gasteiger partial charge in [0, 0.05) is 12.2 Å². The van der Waals surface area contributed by atoms with Crippen LogP contribution in [-0.4, -0.2) is 37.0 Å². The summed E-state index contributed by atoms with van der Waals surface area (Å²) in [6.45, 7) is 4.20. The highest BCUT2D eigenvalue weighted by atomic mass is 35.5. The predicted molar refractivity (Wildman–Crippen MR) is 88.0 cm³/mol. The van der Waals surface area contributed by atoms with Crippen LogP contribution in [0.25, 0.3) is 0 Å². The van der Waals surface area contributed by atoms with Crippen LogP contribution in [0.3, 0.4) is 0 Å². The standard InChI is InChI=1S/C14H21N3O.2ClH/c15-13-7-2-1-6-12(13)14(18)16-8-5-11-17-9-3-4-10-17;;/h1-2,6-7H,3-5,8-11,15H2,(H,16,18);2*1H. The largest absolute Gasteiger partial charge is 0.398 e. The molecule has 0 spiro atoms. The molecule has 0 radical (unpaired) electrons. The Balaban J connectivity index is 0.00000180. The fourth-order valence-electron chi connectivity index (χ4n) is 2.31. The molecule has 0 bridgehead atoms. The fourth-order valence-corrected chi connectivity index (χ4v) is 2.31. The lowest BCUT2D eigenvalue weighted by Gasteiger charge is -2.14. The minimum atomic E-state index is -0.0745. The van der Waals surface area contributed by atoms with Crippen LogP contribution < -0.4 is 11.1 Å². The molecule has 2 rings (SSSR count). The number of hydrogen-bond donors (Lipinski definition) is 2. The second kappa shape index (κ2) is 9.86. The molecular formula is C14H23Cl2N3O. The molecule has 1 aromatic rings. The summed E-state index contributed by atoms with van der Waals surface area (Å²) in [6.07, 6.45) is 3.62. The Morgan fingerprint density at radius 2 is 1.85 bits per heavy atom. The number of benzene rings is 1. The van der Waals surface area contributed by atoms with E-state index in [-0.39, 0.29) is 30.7 Å². The number of carbonyl (C=O) groups is 1.